The van der Waals surface area contributed by atoms with Crippen molar-refractivity contribution in [3.05, 3.63) is 23.8 Å². The van der Waals surface area contributed by atoms with Crippen LogP contribution >= 0.6 is 0 Å². The van der Waals surface area contributed by atoms with Gasteiger partial charge in [-0.25, -0.2) is 0 Å². The van der Waals surface area contributed by atoms with Crippen molar-refractivity contribution in [2.24, 2.45) is 0 Å². The summed E-state index contributed by atoms with van der Waals surface area (Å²) in [6.45, 7) is 5.33. The van der Waals surface area contributed by atoms with Crippen LogP contribution in [0.15, 0.2) is 18.2 Å². The Labute approximate surface area is 82.6 Å². The maximum Gasteiger partial charge on any atom is 0.404 e. The SMILES string of the molecule is CC(C)c1cccc2c1OC(C)(F)O2. The smallest absolute Gasteiger partial charge is 0.404 e. The highest BCUT2D eigenvalue weighted by atomic mass is 19.2. The number of hydrogen-bond donors (Lipinski definition) is 0. The predicted octanol–water partition coefficient (Wildman–Crippen LogP) is 3.22. The number of hydrogen-bond acceptors (Lipinski definition) is 2. The highest BCUT2D eigenvalue weighted by molar-refractivity contribution is 5.50. The molecule has 3 heteroatoms. The molecular weight excluding hydrogens is 183 g/mol. The summed E-state index contributed by atoms with van der Waals surface area (Å²) in [5.74, 6) is 1.32. The minimum atomic E-state index is -2.02. The zero-order valence-corrected chi connectivity index (χ0v) is 8.50. The van der Waals surface area contributed by atoms with Crippen LogP contribution in [0, 0.1) is 0 Å². The Balaban J connectivity index is 2.46. The van der Waals surface area contributed by atoms with Crippen LogP contribution in [0.3, 0.4) is 0 Å². The highest BCUT2D eigenvalue weighted by Crippen LogP contribution is 2.44. The summed E-state index contributed by atoms with van der Waals surface area (Å²) in [6.07, 6.45) is 0. The third-order valence-corrected chi connectivity index (χ3v) is 2.21. The fourth-order valence-electron chi connectivity index (χ4n) is 1.58. The lowest BCUT2D eigenvalue weighted by Crippen LogP contribution is -2.28. The molecule has 0 amide bonds. The first-order chi connectivity index (χ1) is 6.49. The molecule has 0 N–H and O–H groups in total. The van der Waals surface area contributed by atoms with Gasteiger partial charge in [0.2, 0.25) is 0 Å². The molecule has 0 saturated heterocycles. The number of benzene rings is 1. The summed E-state index contributed by atoms with van der Waals surface area (Å²) >= 11 is 0. The van der Waals surface area contributed by atoms with E-state index < -0.39 is 6.04 Å². The average Bonchev–Trinajstić information content (AvgIpc) is 2.36. The maximum atomic E-state index is 13.4. The van der Waals surface area contributed by atoms with Crippen LogP contribution in [0.1, 0.15) is 32.3 Å². The molecule has 1 unspecified atom stereocenters. The molecule has 1 aliphatic heterocycles. The molecule has 0 fully saturated rings. The van der Waals surface area contributed by atoms with E-state index in [2.05, 4.69) is 0 Å². The van der Waals surface area contributed by atoms with E-state index in [4.69, 9.17) is 9.47 Å². The number of alkyl halides is 1. The van der Waals surface area contributed by atoms with Crippen LogP contribution in [0.2, 0.25) is 0 Å². The quantitative estimate of drug-likeness (QED) is 0.686. The van der Waals surface area contributed by atoms with Gasteiger partial charge >= 0.3 is 6.04 Å². The van der Waals surface area contributed by atoms with Gasteiger partial charge in [-0.3, -0.25) is 0 Å². The van der Waals surface area contributed by atoms with Crippen LogP contribution in [0.4, 0.5) is 4.39 Å². The van der Waals surface area contributed by atoms with Gasteiger partial charge in [0, 0.05) is 12.5 Å². The minimum Gasteiger partial charge on any atom is -0.423 e. The van der Waals surface area contributed by atoms with E-state index in [0.717, 1.165) is 5.56 Å². The van der Waals surface area contributed by atoms with Gasteiger partial charge in [-0.2, -0.15) is 4.39 Å². The van der Waals surface area contributed by atoms with Crippen molar-refractivity contribution in [3.8, 4) is 11.5 Å². The Morgan fingerprint density at radius 2 is 2.00 bits per heavy atom. The zero-order valence-electron chi connectivity index (χ0n) is 8.50. The Morgan fingerprint density at radius 3 is 2.64 bits per heavy atom. The van der Waals surface area contributed by atoms with Gasteiger partial charge in [0.25, 0.3) is 0 Å². The number of fused-ring (bicyclic) bond motifs is 1. The molecule has 0 radical (unpaired) electrons. The Hall–Kier alpha value is -1.25. The van der Waals surface area contributed by atoms with Crippen LogP contribution in [-0.2, 0) is 0 Å². The molecule has 1 heterocycles. The number of para-hydroxylation sites is 1. The minimum absolute atomic E-state index is 0.294. The topological polar surface area (TPSA) is 18.5 Å². The number of ether oxygens (including phenoxy) is 2. The Kier molecular flexibility index (Phi) is 1.91. The average molecular weight is 196 g/mol. The van der Waals surface area contributed by atoms with E-state index >= 15 is 0 Å². The highest BCUT2D eigenvalue weighted by Gasteiger charge is 2.38. The summed E-state index contributed by atoms with van der Waals surface area (Å²) in [5.41, 5.74) is 0.976. The van der Waals surface area contributed by atoms with Crippen molar-refractivity contribution < 1.29 is 13.9 Å². The summed E-state index contributed by atoms with van der Waals surface area (Å²) in [4.78, 5) is 0. The fourth-order valence-corrected chi connectivity index (χ4v) is 1.58. The van der Waals surface area contributed by atoms with Gasteiger partial charge in [0.1, 0.15) is 0 Å². The van der Waals surface area contributed by atoms with Crippen molar-refractivity contribution >= 4 is 0 Å². The standard InChI is InChI=1S/C11H13FO2/c1-7(2)8-5-4-6-9-10(8)14-11(3,12)13-9/h4-7H,1-3H3. The molecule has 1 aliphatic rings. The zero-order chi connectivity index (χ0) is 10.3. The van der Waals surface area contributed by atoms with Crippen molar-refractivity contribution in [1.82, 2.24) is 0 Å². The first-order valence-electron chi connectivity index (χ1n) is 4.69. The van der Waals surface area contributed by atoms with E-state index in [-0.39, 0.29) is 0 Å². The van der Waals surface area contributed by atoms with Gasteiger partial charge in [-0.1, -0.05) is 26.0 Å². The van der Waals surface area contributed by atoms with E-state index in [1.54, 1.807) is 6.07 Å². The normalized spacial score (nSPS) is 24.4. The molecule has 1 atom stereocenters. The monoisotopic (exact) mass is 196 g/mol. The summed E-state index contributed by atoms with van der Waals surface area (Å²) in [5, 5.41) is 0. The van der Waals surface area contributed by atoms with Crippen molar-refractivity contribution in [2.45, 2.75) is 32.7 Å². The first kappa shape index (κ1) is 9.31. The third-order valence-electron chi connectivity index (χ3n) is 2.21. The molecule has 0 spiro atoms. The largest absolute Gasteiger partial charge is 0.423 e. The van der Waals surface area contributed by atoms with Crippen LogP contribution in [0.5, 0.6) is 11.5 Å². The van der Waals surface area contributed by atoms with Crippen molar-refractivity contribution in [2.75, 3.05) is 0 Å². The Morgan fingerprint density at radius 1 is 1.29 bits per heavy atom. The number of halogens is 1. The lowest BCUT2D eigenvalue weighted by Gasteiger charge is -2.12. The molecule has 0 saturated carbocycles. The fraction of sp³-hybridized carbons (Fsp3) is 0.455. The van der Waals surface area contributed by atoms with E-state index in [0.29, 0.717) is 17.4 Å². The molecule has 14 heavy (non-hydrogen) atoms. The van der Waals surface area contributed by atoms with Crippen molar-refractivity contribution in [1.29, 1.82) is 0 Å². The molecule has 0 bridgehead atoms. The second kappa shape index (κ2) is 2.87. The maximum absolute atomic E-state index is 13.4. The van der Waals surface area contributed by atoms with Gasteiger partial charge < -0.3 is 9.47 Å². The molecule has 2 rings (SSSR count). The van der Waals surface area contributed by atoms with Gasteiger partial charge in [-0.05, 0) is 12.0 Å². The van der Waals surface area contributed by atoms with Crippen LogP contribution < -0.4 is 9.47 Å². The van der Waals surface area contributed by atoms with E-state index in [9.17, 15) is 4.39 Å². The van der Waals surface area contributed by atoms with Gasteiger partial charge in [-0.15, -0.1) is 0 Å². The second-order valence-electron chi connectivity index (χ2n) is 3.87. The molecule has 0 aliphatic carbocycles. The molecular formula is C11H13FO2. The molecule has 1 aromatic carbocycles. The molecule has 0 aromatic heterocycles. The van der Waals surface area contributed by atoms with Crippen molar-refractivity contribution in [3.63, 3.8) is 0 Å². The summed E-state index contributed by atoms with van der Waals surface area (Å²) < 4.78 is 23.5. The summed E-state index contributed by atoms with van der Waals surface area (Å²) in [6, 6.07) is 3.46. The van der Waals surface area contributed by atoms with Gasteiger partial charge in [0.05, 0.1) is 0 Å². The molecule has 2 nitrogen and oxygen atoms in total. The molecule has 1 aromatic rings. The van der Waals surface area contributed by atoms with E-state index in [1.165, 1.54) is 6.92 Å². The van der Waals surface area contributed by atoms with Gasteiger partial charge in [0.15, 0.2) is 11.5 Å². The molecule has 76 valence electrons. The first-order valence-corrected chi connectivity index (χ1v) is 4.69. The lowest BCUT2D eigenvalue weighted by molar-refractivity contribution is -0.173. The van der Waals surface area contributed by atoms with E-state index in [1.807, 2.05) is 26.0 Å². The second-order valence-corrected chi connectivity index (χ2v) is 3.87. The lowest BCUT2D eigenvalue weighted by atomic mass is 10.0. The van der Waals surface area contributed by atoms with Crippen LogP contribution in [-0.4, -0.2) is 6.04 Å². The third kappa shape index (κ3) is 1.43. The van der Waals surface area contributed by atoms with Crippen LogP contribution in [0.25, 0.3) is 0 Å². The number of rotatable bonds is 1. The Bertz CT molecular complexity index is 358. The predicted molar refractivity (Wildman–Crippen MR) is 51.3 cm³/mol. The summed E-state index contributed by atoms with van der Waals surface area (Å²) in [7, 11) is 0.